The minimum Gasteiger partial charge on any atom is -0.507 e. The largest absolute Gasteiger partial charge is 0.507 e. The van der Waals surface area contributed by atoms with Crippen LogP contribution >= 0.6 is 0 Å². The zero-order valence-electron chi connectivity index (χ0n) is 27.9. The number of ketones is 6. The Morgan fingerprint density at radius 2 is 1.61 bits per heavy atom. The van der Waals surface area contributed by atoms with Crippen LogP contribution in [0, 0.1) is 34.5 Å². The lowest BCUT2D eigenvalue weighted by molar-refractivity contribution is -0.205. The maximum Gasteiger partial charge on any atom is 0.190 e. The van der Waals surface area contributed by atoms with Crippen LogP contribution in [0.2, 0.25) is 0 Å². The SMILES string of the molecule is CC(=O)C1C(=O)C(C(C)C)[C@@]2(C)C[C@@]3(C)Cc4c(CCC(=O)c5ccccc5)cc(C(C)(C)C)c(O)c4C(=O)C3C(=O)[C@@]2(O)C1=O. The molecule has 2 aromatic carbocycles. The second-order valence-corrected chi connectivity index (χ2v) is 15.7. The van der Waals surface area contributed by atoms with Crippen molar-refractivity contribution in [2.75, 3.05) is 0 Å². The zero-order valence-corrected chi connectivity index (χ0v) is 27.9. The van der Waals surface area contributed by atoms with Crippen molar-refractivity contribution in [2.45, 2.75) is 92.1 Å². The van der Waals surface area contributed by atoms with Crippen LogP contribution in [0.4, 0.5) is 0 Å². The standard InChI is InChI=1S/C38H44O8/c1-19(2)28-31(42)26(20(3)39)33(44)38(46)34(45)29-32(43)27-23(17-36(29,7)18-37(28,38)8)22(16-24(30(27)41)35(4,5)6)14-15-25(40)21-12-10-9-11-13-21/h9-13,16,19,26,28-29,41,46H,14-15,17-18H2,1-8H3/t26?,28?,29?,36-,37-,38+/m1/s1. The van der Waals surface area contributed by atoms with Gasteiger partial charge in [0.25, 0.3) is 0 Å². The van der Waals surface area contributed by atoms with Crippen LogP contribution in [0.1, 0.15) is 106 Å². The summed E-state index contributed by atoms with van der Waals surface area (Å²) in [5, 5.41) is 23.9. The van der Waals surface area contributed by atoms with E-state index in [2.05, 4.69) is 0 Å². The molecule has 0 spiro atoms. The molecular weight excluding hydrogens is 584 g/mol. The maximum atomic E-state index is 14.6. The number of phenols is 1. The van der Waals surface area contributed by atoms with Gasteiger partial charge in [-0.2, -0.15) is 0 Å². The number of aromatic hydroxyl groups is 1. The van der Waals surface area contributed by atoms with Crippen LogP contribution < -0.4 is 0 Å². The van der Waals surface area contributed by atoms with E-state index in [0.29, 0.717) is 22.3 Å². The number of benzene rings is 2. The number of fused-ring (bicyclic) bond motifs is 3. The molecule has 3 aliphatic carbocycles. The van der Waals surface area contributed by atoms with Crippen molar-refractivity contribution in [1.29, 1.82) is 0 Å². The van der Waals surface area contributed by atoms with E-state index in [9.17, 15) is 39.0 Å². The highest BCUT2D eigenvalue weighted by atomic mass is 16.3. The summed E-state index contributed by atoms with van der Waals surface area (Å²) in [5.41, 5.74) is -3.81. The number of hydrogen-bond donors (Lipinski definition) is 2. The molecule has 0 heterocycles. The monoisotopic (exact) mass is 628 g/mol. The Hall–Kier alpha value is -3.78. The number of carbonyl (C=O) groups is 6. The van der Waals surface area contributed by atoms with Crippen LogP contribution in [0.5, 0.6) is 5.75 Å². The fraction of sp³-hybridized carbons (Fsp3) is 0.526. The van der Waals surface area contributed by atoms with E-state index in [1.54, 1.807) is 52.0 Å². The van der Waals surface area contributed by atoms with Gasteiger partial charge in [0.1, 0.15) is 17.5 Å². The predicted octanol–water partition coefficient (Wildman–Crippen LogP) is 5.21. The molecular formula is C38H44O8. The van der Waals surface area contributed by atoms with Crippen molar-refractivity contribution in [1.82, 2.24) is 0 Å². The molecule has 46 heavy (non-hydrogen) atoms. The highest BCUT2D eigenvalue weighted by Crippen LogP contribution is 2.64. The van der Waals surface area contributed by atoms with Gasteiger partial charge in [-0.05, 0) is 54.1 Å². The third kappa shape index (κ3) is 4.66. The average molecular weight is 629 g/mol. The summed E-state index contributed by atoms with van der Waals surface area (Å²) in [4.78, 5) is 82.6. The summed E-state index contributed by atoms with van der Waals surface area (Å²) >= 11 is 0. The van der Waals surface area contributed by atoms with Crippen molar-refractivity contribution >= 4 is 34.7 Å². The second kappa shape index (κ2) is 10.9. The van der Waals surface area contributed by atoms with Gasteiger partial charge < -0.3 is 10.2 Å². The van der Waals surface area contributed by atoms with Crippen LogP contribution in [-0.4, -0.2) is 50.5 Å². The van der Waals surface area contributed by atoms with Crippen LogP contribution in [0.15, 0.2) is 36.4 Å². The molecule has 5 rings (SSSR count). The minimum atomic E-state index is -2.74. The minimum absolute atomic E-state index is 0.0206. The lowest BCUT2D eigenvalue weighted by Crippen LogP contribution is -2.76. The van der Waals surface area contributed by atoms with Gasteiger partial charge in [-0.15, -0.1) is 0 Å². The van der Waals surface area contributed by atoms with E-state index in [-0.39, 0.29) is 42.8 Å². The van der Waals surface area contributed by atoms with Gasteiger partial charge in [0.2, 0.25) is 0 Å². The normalized spacial score (nSPS) is 31.0. The summed E-state index contributed by atoms with van der Waals surface area (Å²) < 4.78 is 0. The van der Waals surface area contributed by atoms with Gasteiger partial charge in [0.05, 0.1) is 11.5 Å². The van der Waals surface area contributed by atoms with E-state index in [0.717, 1.165) is 6.92 Å². The van der Waals surface area contributed by atoms with Crippen LogP contribution in [0.25, 0.3) is 0 Å². The Morgan fingerprint density at radius 1 is 1.00 bits per heavy atom. The van der Waals surface area contributed by atoms with Crippen molar-refractivity contribution < 1.29 is 39.0 Å². The number of aliphatic hydroxyl groups is 1. The number of hydrogen-bond acceptors (Lipinski definition) is 8. The molecule has 2 aromatic rings. The van der Waals surface area contributed by atoms with Gasteiger partial charge in [0.15, 0.2) is 34.5 Å². The van der Waals surface area contributed by atoms with Gasteiger partial charge in [-0.3, -0.25) is 28.8 Å². The molecule has 8 nitrogen and oxygen atoms in total. The summed E-state index contributed by atoms with van der Waals surface area (Å²) in [7, 11) is 0. The molecule has 2 N–H and O–H groups in total. The first-order valence-corrected chi connectivity index (χ1v) is 16.1. The van der Waals surface area contributed by atoms with E-state index in [1.165, 1.54) is 0 Å². The maximum absolute atomic E-state index is 14.6. The van der Waals surface area contributed by atoms with Gasteiger partial charge in [-0.1, -0.05) is 84.9 Å². The Bertz CT molecular complexity index is 1700. The molecule has 0 bridgehead atoms. The predicted molar refractivity (Wildman–Crippen MR) is 171 cm³/mol. The molecule has 0 saturated heterocycles. The number of Topliss-reactive ketones (excluding diaryl/α,β-unsaturated/α-hetero) is 6. The zero-order chi connectivity index (χ0) is 34.3. The lowest BCUT2D eigenvalue weighted by atomic mass is 9.39. The molecule has 0 aromatic heterocycles. The molecule has 0 amide bonds. The molecule has 2 fully saturated rings. The summed E-state index contributed by atoms with van der Waals surface area (Å²) in [5.74, 6) is -9.27. The van der Waals surface area contributed by atoms with Crippen molar-refractivity contribution in [3.63, 3.8) is 0 Å². The van der Waals surface area contributed by atoms with Crippen LogP contribution in [-0.2, 0) is 37.4 Å². The third-order valence-corrected chi connectivity index (χ3v) is 11.0. The highest BCUT2D eigenvalue weighted by molar-refractivity contribution is 6.32. The molecule has 0 radical (unpaired) electrons. The Balaban J connectivity index is 1.69. The fourth-order valence-corrected chi connectivity index (χ4v) is 9.09. The number of rotatable bonds is 6. The van der Waals surface area contributed by atoms with Crippen molar-refractivity contribution in [3.05, 3.63) is 64.2 Å². The number of aryl methyl sites for hydroxylation is 1. The molecule has 6 atom stereocenters. The van der Waals surface area contributed by atoms with Crippen molar-refractivity contribution in [2.24, 2.45) is 34.5 Å². The molecule has 3 unspecified atom stereocenters. The molecule has 8 heteroatoms. The number of phenolic OH excluding ortho intramolecular Hbond substituents is 1. The Labute approximate surface area is 270 Å². The summed E-state index contributed by atoms with van der Waals surface area (Å²) in [6, 6.07) is 10.7. The van der Waals surface area contributed by atoms with Crippen LogP contribution in [0.3, 0.4) is 0 Å². The van der Waals surface area contributed by atoms with E-state index in [1.807, 2.05) is 32.9 Å². The first-order valence-electron chi connectivity index (χ1n) is 16.1. The molecule has 0 aliphatic heterocycles. The Kier molecular flexibility index (Phi) is 7.96. The summed E-state index contributed by atoms with van der Waals surface area (Å²) in [6.07, 6.45) is 0.564. The molecule has 3 aliphatic rings. The average Bonchev–Trinajstić information content (AvgIpc) is 2.93. The van der Waals surface area contributed by atoms with E-state index < -0.39 is 74.4 Å². The molecule has 2 saturated carbocycles. The van der Waals surface area contributed by atoms with Gasteiger partial charge in [0, 0.05) is 28.9 Å². The number of carbonyl (C=O) groups excluding carboxylic acids is 6. The Morgan fingerprint density at radius 3 is 2.15 bits per heavy atom. The second-order valence-electron chi connectivity index (χ2n) is 15.7. The highest BCUT2D eigenvalue weighted by Gasteiger charge is 2.76. The first kappa shape index (κ1) is 33.6. The lowest BCUT2D eigenvalue weighted by Gasteiger charge is -2.62. The quantitative estimate of drug-likeness (QED) is 0.328. The van der Waals surface area contributed by atoms with E-state index in [4.69, 9.17) is 0 Å². The fourth-order valence-electron chi connectivity index (χ4n) is 9.09. The van der Waals surface area contributed by atoms with Crippen molar-refractivity contribution in [3.8, 4) is 5.75 Å². The first-order chi connectivity index (χ1) is 21.2. The topological polar surface area (TPSA) is 143 Å². The molecule has 244 valence electrons. The van der Waals surface area contributed by atoms with Gasteiger partial charge in [-0.25, -0.2) is 0 Å². The smallest absolute Gasteiger partial charge is 0.190 e. The third-order valence-electron chi connectivity index (χ3n) is 11.0. The van der Waals surface area contributed by atoms with E-state index >= 15 is 0 Å². The summed E-state index contributed by atoms with van der Waals surface area (Å²) in [6.45, 7) is 13.6. The van der Waals surface area contributed by atoms with Gasteiger partial charge >= 0.3 is 0 Å².